The molecule has 0 heterocycles. The predicted molar refractivity (Wildman–Crippen MR) is 93.0 cm³/mol. The lowest BCUT2D eigenvalue weighted by molar-refractivity contribution is -0.145. The molecule has 8 nitrogen and oxygen atoms in total. The van der Waals surface area contributed by atoms with Crippen molar-refractivity contribution in [3.05, 3.63) is 0 Å². The van der Waals surface area contributed by atoms with Gasteiger partial charge < -0.3 is 29.2 Å². The third-order valence-electron chi connectivity index (χ3n) is 2.73. The Morgan fingerprint density at radius 3 is 1.84 bits per heavy atom. The Bertz CT molecular complexity index is 309. The van der Waals surface area contributed by atoms with Crippen LogP contribution in [0.1, 0.15) is 46.5 Å². The maximum atomic E-state index is 10.1. The van der Waals surface area contributed by atoms with E-state index in [1.165, 1.54) is 0 Å². The molecule has 0 aromatic carbocycles. The highest BCUT2D eigenvalue weighted by Gasteiger charge is 2.04. The summed E-state index contributed by atoms with van der Waals surface area (Å²) in [7, 11) is 0. The van der Waals surface area contributed by atoms with Gasteiger partial charge in [0.15, 0.2) is 0 Å². The normalized spacial score (nSPS) is 11.5. The van der Waals surface area contributed by atoms with E-state index in [1.807, 2.05) is 0 Å². The number of hydrogen-bond donors (Lipinski definition) is 2. The molecule has 0 saturated heterocycles. The first-order valence-corrected chi connectivity index (χ1v) is 8.72. The maximum Gasteiger partial charge on any atom is 0.329 e. The minimum Gasteiger partial charge on any atom is -0.480 e. The molecule has 2 N–H and O–H groups in total. The van der Waals surface area contributed by atoms with E-state index in [-0.39, 0.29) is 19.3 Å². The molecule has 0 amide bonds. The summed E-state index contributed by atoms with van der Waals surface area (Å²) in [5.41, 5.74) is 0. The minimum absolute atomic E-state index is 0.145. The Hall–Kier alpha value is -1.22. The first-order valence-electron chi connectivity index (χ1n) is 8.72. The van der Waals surface area contributed by atoms with Crippen molar-refractivity contribution in [3.8, 4) is 0 Å². The van der Waals surface area contributed by atoms with Crippen molar-refractivity contribution in [3.63, 3.8) is 0 Å². The zero-order valence-corrected chi connectivity index (χ0v) is 15.7. The number of carboxylic acids is 2. The van der Waals surface area contributed by atoms with Gasteiger partial charge in [-0.2, -0.15) is 0 Å². The first kappa shape index (κ1) is 26.0. The topological polar surface area (TPSA) is 112 Å². The quantitative estimate of drug-likeness (QED) is 0.400. The second-order valence-electron chi connectivity index (χ2n) is 5.36. The summed E-state index contributed by atoms with van der Waals surface area (Å²) in [4.78, 5) is 20.1. The molecule has 8 heteroatoms. The maximum absolute atomic E-state index is 10.1. The van der Waals surface area contributed by atoms with E-state index < -0.39 is 11.9 Å². The van der Waals surface area contributed by atoms with Crippen molar-refractivity contribution in [2.75, 3.05) is 46.2 Å². The smallest absolute Gasteiger partial charge is 0.329 e. The summed E-state index contributed by atoms with van der Waals surface area (Å²) >= 11 is 0. The van der Waals surface area contributed by atoms with Gasteiger partial charge in [-0.25, -0.2) is 9.59 Å². The minimum atomic E-state index is -0.944. The number of carboxylic acid groups (broad SMARTS) is 2. The molecule has 0 aromatic rings. The van der Waals surface area contributed by atoms with Crippen LogP contribution in [0.5, 0.6) is 0 Å². The number of rotatable bonds is 16. The first-order chi connectivity index (χ1) is 11.9. The summed E-state index contributed by atoms with van der Waals surface area (Å²) in [6, 6.07) is 0. The molecule has 0 rings (SSSR count). The van der Waals surface area contributed by atoms with E-state index >= 15 is 0 Å². The van der Waals surface area contributed by atoms with Gasteiger partial charge >= 0.3 is 11.9 Å². The van der Waals surface area contributed by atoms with Gasteiger partial charge in [0.05, 0.1) is 25.9 Å². The van der Waals surface area contributed by atoms with Crippen LogP contribution >= 0.6 is 0 Å². The molecule has 0 aromatic heterocycles. The SMILES string of the molecule is CCCCOCC(C)OCC(=O)O.CCCCOCCOCC(=O)O. The molecule has 0 saturated carbocycles. The van der Waals surface area contributed by atoms with Gasteiger partial charge in [-0.1, -0.05) is 26.7 Å². The van der Waals surface area contributed by atoms with Crippen molar-refractivity contribution in [1.29, 1.82) is 0 Å². The molecule has 0 spiro atoms. The van der Waals surface area contributed by atoms with E-state index in [0.29, 0.717) is 19.8 Å². The molecule has 150 valence electrons. The van der Waals surface area contributed by atoms with E-state index in [0.717, 1.165) is 38.9 Å². The number of hydrogen-bond acceptors (Lipinski definition) is 6. The second-order valence-corrected chi connectivity index (χ2v) is 5.36. The van der Waals surface area contributed by atoms with Crippen molar-refractivity contribution < 1.29 is 38.7 Å². The summed E-state index contributed by atoms with van der Waals surface area (Å²) in [6.45, 7) is 8.24. The van der Waals surface area contributed by atoms with Gasteiger partial charge in [0.1, 0.15) is 13.2 Å². The molecule has 0 aliphatic heterocycles. The van der Waals surface area contributed by atoms with Gasteiger partial charge in [-0.05, 0) is 19.8 Å². The monoisotopic (exact) mass is 366 g/mol. The van der Waals surface area contributed by atoms with Crippen molar-refractivity contribution >= 4 is 11.9 Å². The number of ether oxygens (including phenoxy) is 4. The molecular weight excluding hydrogens is 332 g/mol. The number of unbranched alkanes of at least 4 members (excludes halogenated alkanes) is 2. The summed E-state index contributed by atoms with van der Waals surface area (Å²) in [6.07, 6.45) is 4.14. The van der Waals surface area contributed by atoms with Crippen LogP contribution in [-0.4, -0.2) is 74.5 Å². The summed E-state index contributed by atoms with van der Waals surface area (Å²) < 4.78 is 20.1. The lowest BCUT2D eigenvalue weighted by Gasteiger charge is -2.11. The third-order valence-corrected chi connectivity index (χ3v) is 2.73. The number of carbonyl (C=O) groups is 2. The van der Waals surface area contributed by atoms with Gasteiger partial charge in [-0.15, -0.1) is 0 Å². The van der Waals surface area contributed by atoms with Gasteiger partial charge in [0.25, 0.3) is 0 Å². The van der Waals surface area contributed by atoms with E-state index in [4.69, 9.17) is 29.2 Å². The molecule has 0 bridgehead atoms. The highest BCUT2D eigenvalue weighted by Crippen LogP contribution is 1.94. The third kappa shape index (κ3) is 27.9. The van der Waals surface area contributed by atoms with Crippen molar-refractivity contribution in [1.82, 2.24) is 0 Å². The average Bonchev–Trinajstić information content (AvgIpc) is 2.56. The second kappa shape index (κ2) is 20.8. The van der Waals surface area contributed by atoms with Gasteiger partial charge in [0.2, 0.25) is 0 Å². The predicted octanol–water partition coefficient (Wildman–Crippen LogP) is 2.20. The molecule has 0 aliphatic carbocycles. The van der Waals surface area contributed by atoms with Crippen LogP contribution in [0.2, 0.25) is 0 Å². The lowest BCUT2D eigenvalue weighted by Crippen LogP contribution is -2.20. The summed E-state index contributed by atoms with van der Waals surface area (Å²) in [5, 5.41) is 16.5. The number of aliphatic carboxylic acids is 2. The Labute approximate surface area is 150 Å². The van der Waals surface area contributed by atoms with Crippen LogP contribution < -0.4 is 0 Å². The highest BCUT2D eigenvalue weighted by atomic mass is 16.5. The standard InChI is InChI=1S/C9H18O4.C8H16O4/c1-3-4-5-12-6-8(2)13-7-9(10)11;1-2-3-4-11-5-6-12-7-8(9)10/h8H,3-7H2,1-2H3,(H,10,11);2-7H2,1H3,(H,9,10). The fraction of sp³-hybridized carbons (Fsp3) is 0.882. The highest BCUT2D eigenvalue weighted by molar-refractivity contribution is 5.68. The molecule has 1 atom stereocenters. The molecule has 0 radical (unpaired) electrons. The van der Waals surface area contributed by atoms with Crippen LogP contribution in [0.3, 0.4) is 0 Å². The molecule has 0 aliphatic rings. The van der Waals surface area contributed by atoms with Gasteiger partial charge in [0, 0.05) is 13.2 Å². The molecular formula is C17H34O8. The van der Waals surface area contributed by atoms with Crippen molar-refractivity contribution in [2.45, 2.75) is 52.6 Å². The lowest BCUT2D eigenvalue weighted by atomic mass is 10.3. The average molecular weight is 366 g/mol. The Morgan fingerprint density at radius 1 is 0.800 bits per heavy atom. The van der Waals surface area contributed by atoms with Gasteiger partial charge in [-0.3, -0.25) is 0 Å². The molecule has 1 unspecified atom stereocenters. The van der Waals surface area contributed by atoms with E-state index in [1.54, 1.807) is 6.92 Å². The Balaban J connectivity index is 0. The molecule has 25 heavy (non-hydrogen) atoms. The Kier molecular flexibility index (Phi) is 21.7. The van der Waals surface area contributed by atoms with Crippen LogP contribution in [0.4, 0.5) is 0 Å². The molecule has 0 fully saturated rings. The van der Waals surface area contributed by atoms with E-state index in [2.05, 4.69) is 13.8 Å². The zero-order valence-electron chi connectivity index (χ0n) is 15.7. The van der Waals surface area contributed by atoms with Crippen LogP contribution in [0.25, 0.3) is 0 Å². The fourth-order valence-corrected chi connectivity index (χ4v) is 1.38. The zero-order chi connectivity index (χ0) is 19.3. The van der Waals surface area contributed by atoms with Crippen LogP contribution in [-0.2, 0) is 28.5 Å². The fourth-order valence-electron chi connectivity index (χ4n) is 1.38. The Morgan fingerprint density at radius 2 is 1.32 bits per heavy atom. The summed E-state index contributed by atoms with van der Waals surface area (Å²) in [5.74, 6) is -1.89. The van der Waals surface area contributed by atoms with Crippen LogP contribution in [0.15, 0.2) is 0 Å². The van der Waals surface area contributed by atoms with Crippen LogP contribution in [0, 0.1) is 0 Å². The van der Waals surface area contributed by atoms with E-state index in [9.17, 15) is 9.59 Å². The van der Waals surface area contributed by atoms with Crippen molar-refractivity contribution in [2.24, 2.45) is 0 Å². The largest absolute Gasteiger partial charge is 0.480 e.